The summed E-state index contributed by atoms with van der Waals surface area (Å²) in [6.07, 6.45) is 5.93. The molecule has 0 saturated carbocycles. The van der Waals surface area contributed by atoms with Crippen LogP contribution in [0, 0.1) is 0 Å². The summed E-state index contributed by atoms with van der Waals surface area (Å²) < 4.78 is 14.2. The predicted molar refractivity (Wildman–Crippen MR) is 93.2 cm³/mol. The number of ether oxygens (including phenoxy) is 2. The predicted octanol–water partition coefficient (Wildman–Crippen LogP) is 0.837. The fraction of sp³-hybridized carbons (Fsp3) is 0.118. The van der Waals surface area contributed by atoms with Crippen molar-refractivity contribution in [1.82, 2.24) is 29.3 Å². The molecule has 10 heteroatoms. The standard InChI is InChI=1S/C17H14N6O4/c1-26-12-5-3-11(4-6-12)23-16(24)13-7-21(22-9-18-19-10-22)8-14(15(13)20-23)17(25)27-2/h3-10H,1-2H3. The third-order valence-electron chi connectivity index (χ3n) is 4.05. The number of nitrogens with zero attached hydrogens (tertiary/aromatic N) is 6. The molecule has 0 N–H and O–H groups in total. The Morgan fingerprint density at radius 1 is 1.00 bits per heavy atom. The number of pyridine rings is 1. The highest BCUT2D eigenvalue weighted by Crippen LogP contribution is 2.23. The molecule has 2 aromatic rings. The van der Waals surface area contributed by atoms with Gasteiger partial charge in [-0.2, -0.15) is 9.78 Å². The van der Waals surface area contributed by atoms with Crippen molar-refractivity contribution < 1.29 is 14.3 Å². The lowest BCUT2D eigenvalue weighted by molar-refractivity contribution is 0.0600. The Balaban J connectivity index is 1.95. The highest BCUT2D eigenvalue weighted by molar-refractivity contribution is 5.96. The number of aromatic nitrogens is 6. The molecular weight excluding hydrogens is 352 g/mol. The largest absolute Gasteiger partial charge is 0.497 e. The van der Waals surface area contributed by atoms with Gasteiger partial charge < -0.3 is 9.47 Å². The average Bonchev–Trinajstić information content (AvgIpc) is 3.35. The number of esters is 1. The zero-order valence-electron chi connectivity index (χ0n) is 14.4. The summed E-state index contributed by atoms with van der Waals surface area (Å²) in [4.78, 5) is 25.2. The molecule has 4 rings (SSSR count). The van der Waals surface area contributed by atoms with E-state index in [1.165, 1.54) is 40.0 Å². The number of carbonyl (C=O) groups excluding carboxylic acids is 1. The molecule has 0 unspecified atom stereocenters. The molecule has 2 aliphatic rings. The zero-order chi connectivity index (χ0) is 19.0. The molecule has 1 aromatic heterocycles. The van der Waals surface area contributed by atoms with E-state index in [2.05, 4.69) is 15.3 Å². The fourth-order valence-corrected chi connectivity index (χ4v) is 2.70. The van der Waals surface area contributed by atoms with Crippen molar-refractivity contribution in [3.05, 3.63) is 65.2 Å². The van der Waals surface area contributed by atoms with E-state index in [1.54, 1.807) is 37.6 Å². The quantitative estimate of drug-likeness (QED) is 0.493. The molecule has 0 bridgehead atoms. The van der Waals surface area contributed by atoms with Crippen LogP contribution in [0.1, 0.15) is 10.4 Å². The lowest BCUT2D eigenvalue weighted by Crippen LogP contribution is -2.17. The van der Waals surface area contributed by atoms with E-state index in [1.807, 2.05) is 0 Å². The SMILES string of the molecule is COC(=O)c1cn(-n2cnnc2)cc2c(=O)n(-c3ccc(OC)cc3)nc1-2. The van der Waals surface area contributed by atoms with E-state index in [4.69, 9.17) is 9.47 Å². The van der Waals surface area contributed by atoms with Gasteiger partial charge in [0.05, 0.1) is 25.5 Å². The molecule has 0 amide bonds. The first kappa shape index (κ1) is 16.5. The van der Waals surface area contributed by atoms with Crippen molar-refractivity contribution >= 4 is 5.97 Å². The number of rotatable bonds is 4. The topological polar surface area (TPSA) is 106 Å². The normalized spacial score (nSPS) is 10.9. The summed E-state index contributed by atoms with van der Waals surface area (Å²) in [6, 6.07) is 6.86. The van der Waals surface area contributed by atoms with Crippen LogP contribution in [0.2, 0.25) is 0 Å². The van der Waals surface area contributed by atoms with E-state index < -0.39 is 5.97 Å². The molecular formula is C17H14N6O4. The third kappa shape index (κ3) is 2.72. The van der Waals surface area contributed by atoms with Gasteiger partial charge in [0.2, 0.25) is 0 Å². The molecule has 27 heavy (non-hydrogen) atoms. The molecule has 0 spiro atoms. The van der Waals surface area contributed by atoms with Gasteiger partial charge in [0.25, 0.3) is 5.56 Å². The Bertz CT molecular complexity index is 1130. The van der Waals surface area contributed by atoms with Crippen LogP contribution in [-0.2, 0) is 4.74 Å². The van der Waals surface area contributed by atoms with Gasteiger partial charge in [0.15, 0.2) is 0 Å². The molecule has 0 radical (unpaired) electrons. The van der Waals surface area contributed by atoms with Crippen LogP contribution < -0.4 is 10.3 Å². The van der Waals surface area contributed by atoms with Crippen molar-refractivity contribution in [3.8, 4) is 22.7 Å². The Morgan fingerprint density at radius 3 is 2.33 bits per heavy atom. The number of hydrogen-bond acceptors (Lipinski definition) is 7. The average molecular weight is 366 g/mol. The van der Waals surface area contributed by atoms with Crippen LogP contribution in [-0.4, -0.2) is 49.5 Å². The Kier molecular flexibility index (Phi) is 3.92. The first-order valence-electron chi connectivity index (χ1n) is 7.85. The summed E-state index contributed by atoms with van der Waals surface area (Å²) in [5.41, 5.74) is 0.814. The van der Waals surface area contributed by atoms with Gasteiger partial charge in [-0.15, -0.1) is 10.2 Å². The number of carbonyl (C=O) groups is 1. The summed E-state index contributed by atoms with van der Waals surface area (Å²) in [6.45, 7) is 0. The number of hydrogen-bond donors (Lipinski definition) is 0. The van der Waals surface area contributed by atoms with Gasteiger partial charge in [-0.25, -0.2) is 9.47 Å². The first-order valence-corrected chi connectivity index (χ1v) is 7.85. The van der Waals surface area contributed by atoms with Gasteiger partial charge in [-0.3, -0.25) is 9.47 Å². The highest BCUT2D eigenvalue weighted by Gasteiger charge is 2.25. The minimum absolute atomic E-state index is 0.146. The van der Waals surface area contributed by atoms with Gasteiger partial charge in [-0.1, -0.05) is 0 Å². The molecule has 1 aromatic carbocycles. The Labute approximate surface area is 152 Å². The van der Waals surface area contributed by atoms with Crippen LogP contribution >= 0.6 is 0 Å². The van der Waals surface area contributed by atoms with E-state index in [-0.39, 0.29) is 22.4 Å². The summed E-state index contributed by atoms with van der Waals surface area (Å²) >= 11 is 0. The monoisotopic (exact) mass is 366 g/mol. The highest BCUT2D eigenvalue weighted by atomic mass is 16.5. The van der Waals surface area contributed by atoms with Crippen molar-refractivity contribution in [2.45, 2.75) is 0 Å². The lowest BCUT2D eigenvalue weighted by atomic mass is 10.1. The maximum atomic E-state index is 12.9. The van der Waals surface area contributed by atoms with Crippen LogP contribution in [0.15, 0.2) is 54.1 Å². The van der Waals surface area contributed by atoms with Gasteiger partial charge in [0.1, 0.15) is 29.7 Å². The van der Waals surface area contributed by atoms with E-state index in [0.29, 0.717) is 11.4 Å². The smallest absolute Gasteiger partial charge is 0.341 e. The molecule has 136 valence electrons. The molecule has 0 atom stereocenters. The van der Waals surface area contributed by atoms with Crippen LogP contribution in [0.3, 0.4) is 0 Å². The Morgan fingerprint density at radius 2 is 1.70 bits per heavy atom. The zero-order valence-corrected chi connectivity index (χ0v) is 14.4. The summed E-state index contributed by atoms with van der Waals surface area (Å²) in [5.74, 6) is 0.0467. The Hall–Kier alpha value is -3.95. The second-order valence-electron chi connectivity index (χ2n) is 5.56. The number of benzene rings is 1. The van der Waals surface area contributed by atoms with Crippen LogP contribution in [0.5, 0.6) is 5.75 Å². The van der Waals surface area contributed by atoms with Crippen LogP contribution in [0.4, 0.5) is 0 Å². The van der Waals surface area contributed by atoms with Gasteiger partial charge in [0, 0.05) is 12.4 Å². The van der Waals surface area contributed by atoms with Gasteiger partial charge in [-0.05, 0) is 24.3 Å². The van der Waals surface area contributed by atoms with E-state index in [9.17, 15) is 9.59 Å². The molecule has 2 aliphatic heterocycles. The van der Waals surface area contributed by atoms with Crippen molar-refractivity contribution in [2.24, 2.45) is 0 Å². The van der Waals surface area contributed by atoms with Crippen molar-refractivity contribution in [2.75, 3.05) is 14.2 Å². The molecule has 0 saturated heterocycles. The minimum atomic E-state index is -0.609. The molecule has 0 fully saturated rings. The number of methoxy groups -OCH3 is 2. The second-order valence-corrected chi connectivity index (χ2v) is 5.56. The van der Waals surface area contributed by atoms with E-state index >= 15 is 0 Å². The van der Waals surface area contributed by atoms with E-state index in [0.717, 1.165) is 0 Å². The van der Waals surface area contributed by atoms with Gasteiger partial charge >= 0.3 is 5.97 Å². The minimum Gasteiger partial charge on any atom is -0.497 e. The third-order valence-corrected chi connectivity index (χ3v) is 4.05. The summed E-state index contributed by atoms with van der Waals surface area (Å²) in [5, 5.41) is 11.8. The maximum absolute atomic E-state index is 12.9. The summed E-state index contributed by atoms with van der Waals surface area (Å²) in [7, 11) is 2.82. The lowest BCUT2D eigenvalue weighted by Gasteiger charge is -2.11. The first-order chi connectivity index (χ1) is 13.1. The van der Waals surface area contributed by atoms with Crippen molar-refractivity contribution in [1.29, 1.82) is 0 Å². The maximum Gasteiger partial charge on any atom is 0.341 e. The molecule has 0 aliphatic carbocycles. The second kappa shape index (κ2) is 6.41. The molecule has 10 nitrogen and oxygen atoms in total. The van der Waals surface area contributed by atoms with Crippen LogP contribution in [0.25, 0.3) is 16.9 Å². The number of fused-ring (bicyclic) bond motifs is 1. The molecule has 3 heterocycles. The van der Waals surface area contributed by atoms with Crippen molar-refractivity contribution in [3.63, 3.8) is 0 Å². The fourth-order valence-electron chi connectivity index (χ4n) is 2.70.